The quantitative estimate of drug-likeness (QED) is 0.570. The van der Waals surface area contributed by atoms with Crippen molar-refractivity contribution in [3.8, 4) is 11.5 Å². The van der Waals surface area contributed by atoms with Gasteiger partial charge in [0.25, 0.3) is 5.91 Å². The summed E-state index contributed by atoms with van der Waals surface area (Å²) in [6.45, 7) is 1.14. The number of methoxy groups -OCH3 is 1. The van der Waals surface area contributed by atoms with Gasteiger partial charge in [-0.15, -0.1) is 11.3 Å². The second-order valence-electron chi connectivity index (χ2n) is 5.74. The average molecular weight is 371 g/mol. The molecule has 0 bridgehead atoms. The van der Waals surface area contributed by atoms with E-state index in [0.29, 0.717) is 18.8 Å². The van der Waals surface area contributed by atoms with Crippen molar-refractivity contribution in [3.63, 3.8) is 0 Å². The van der Waals surface area contributed by atoms with Gasteiger partial charge in [0, 0.05) is 23.5 Å². The number of furan rings is 1. The van der Waals surface area contributed by atoms with E-state index in [-0.39, 0.29) is 12.5 Å². The van der Waals surface area contributed by atoms with E-state index in [2.05, 4.69) is 6.07 Å². The highest BCUT2D eigenvalue weighted by molar-refractivity contribution is 7.09. The third-order valence-electron chi connectivity index (χ3n) is 3.94. The van der Waals surface area contributed by atoms with E-state index in [9.17, 15) is 4.79 Å². The molecule has 6 heteroatoms. The molecule has 0 aliphatic heterocycles. The molecule has 3 aromatic rings. The predicted octanol–water partition coefficient (Wildman–Crippen LogP) is 4.00. The number of hydrogen-bond acceptors (Lipinski definition) is 5. The van der Waals surface area contributed by atoms with Crippen LogP contribution in [0.4, 0.5) is 0 Å². The van der Waals surface area contributed by atoms with E-state index in [1.54, 1.807) is 60.1 Å². The lowest BCUT2D eigenvalue weighted by Gasteiger charge is -2.22. The Labute approximate surface area is 156 Å². The van der Waals surface area contributed by atoms with E-state index in [4.69, 9.17) is 13.9 Å². The molecule has 0 unspecified atom stereocenters. The van der Waals surface area contributed by atoms with Gasteiger partial charge in [0.1, 0.15) is 11.5 Å². The first-order chi connectivity index (χ1) is 12.7. The maximum atomic E-state index is 12.7. The standard InChI is InChI=1S/C20H21NO4S/c1-23-17-4-6-18(7-5-17)25-15-20(22)21(13-16-9-11-24-14-16)10-8-19-3-2-12-26-19/h2-7,9,11-12,14H,8,10,13,15H2,1H3. The van der Waals surface area contributed by atoms with Gasteiger partial charge in [-0.2, -0.15) is 0 Å². The molecule has 5 nitrogen and oxygen atoms in total. The molecule has 26 heavy (non-hydrogen) atoms. The predicted molar refractivity (Wildman–Crippen MR) is 101 cm³/mol. The highest BCUT2D eigenvalue weighted by Crippen LogP contribution is 2.17. The zero-order valence-electron chi connectivity index (χ0n) is 14.6. The van der Waals surface area contributed by atoms with Crippen LogP contribution in [0.25, 0.3) is 0 Å². The van der Waals surface area contributed by atoms with Gasteiger partial charge >= 0.3 is 0 Å². The van der Waals surface area contributed by atoms with E-state index in [0.717, 1.165) is 17.7 Å². The van der Waals surface area contributed by atoms with Crippen LogP contribution in [-0.2, 0) is 17.8 Å². The number of benzene rings is 1. The van der Waals surface area contributed by atoms with Crippen LogP contribution in [0, 0.1) is 0 Å². The summed E-state index contributed by atoms with van der Waals surface area (Å²) in [5, 5.41) is 2.05. The summed E-state index contributed by atoms with van der Waals surface area (Å²) in [7, 11) is 1.61. The zero-order chi connectivity index (χ0) is 18.2. The van der Waals surface area contributed by atoms with E-state index < -0.39 is 0 Å². The van der Waals surface area contributed by atoms with Crippen molar-refractivity contribution < 1.29 is 18.7 Å². The molecular weight excluding hydrogens is 350 g/mol. The van der Waals surface area contributed by atoms with Crippen molar-refractivity contribution in [1.82, 2.24) is 4.90 Å². The van der Waals surface area contributed by atoms with Crippen LogP contribution in [0.1, 0.15) is 10.4 Å². The van der Waals surface area contributed by atoms with Gasteiger partial charge in [-0.05, 0) is 48.2 Å². The van der Waals surface area contributed by atoms with Crippen molar-refractivity contribution in [1.29, 1.82) is 0 Å². The van der Waals surface area contributed by atoms with Crippen LogP contribution in [0.3, 0.4) is 0 Å². The van der Waals surface area contributed by atoms with Crippen molar-refractivity contribution in [3.05, 3.63) is 70.8 Å². The summed E-state index contributed by atoms with van der Waals surface area (Å²) >= 11 is 1.70. The summed E-state index contributed by atoms with van der Waals surface area (Å²) in [5.41, 5.74) is 0.967. The molecule has 0 atom stereocenters. The van der Waals surface area contributed by atoms with Crippen molar-refractivity contribution in [2.24, 2.45) is 0 Å². The molecule has 136 valence electrons. The molecular formula is C20H21NO4S. The van der Waals surface area contributed by atoms with E-state index in [1.165, 1.54) is 4.88 Å². The molecule has 0 spiro atoms. The molecule has 0 aliphatic rings. The largest absolute Gasteiger partial charge is 0.497 e. The Balaban J connectivity index is 1.59. The van der Waals surface area contributed by atoms with Crippen molar-refractivity contribution in [2.75, 3.05) is 20.3 Å². The van der Waals surface area contributed by atoms with Crippen LogP contribution < -0.4 is 9.47 Å². The highest BCUT2D eigenvalue weighted by atomic mass is 32.1. The normalized spacial score (nSPS) is 10.5. The van der Waals surface area contributed by atoms with Crippen LogP contribution in [-0.4, -0.2) is 31.1 Å². The highest BCUT2D eigenvalue weighted by Gasteiger charge is 2.16. The monoisotopic (exact) mass is 371 g/mol. The molecule has 0 fully saturated rings. The number of carbonyl (C=O) groups excluding carboxylic acids is 1. The Morgan fingerprint density at radius 2 is 1.96 bits per heavy atom. The maximum absolute atomic E-state index is 12.7. The molecule has 0 saturated heterocycles. The van der Waals surface area contributed by atoms with Crippen LogP contribution >= 0.6 is 11.3 Å². The SMILES string of the molecule is COc1ccc(OCC(=O)N(CCc2cccs2)Cc2ccoc2)cc1. The molecule has 0 aliphatic carbocycles. The fourth-order valence-electron chi connectivity index (χ4n) is 2.50. The van der Waals surface area contributed by atoms with Gasteiger partial charge in [-0.25, -0.2) is 0 Å². The van der Waals surface area contributed by atoms with Crippen molar-refractivity contribution >= 4 is 17.2 Å². The van der Waals surface area contributed by atoms with Crippen LogP contribution in [0.2, 0.25) is 0 Å². The smallest absolute Gasteiger partial charge is 0.260 e. The fraction of sp³-hybridized carbons (Fsp3) is 0.250. The minimum atomic E-state index is -0.0569. The Bertz CT molecular complexity index is 782. The number of ether oxygens (including phenoxy) is 2. The number of amides is 1. The molecule has 0 saturated carbocycles. The lowest BCUT2D eigenvalue weighted by molar-refractivity contribution is -0.134. The second-order valence-corrected chi connectivity index (χ2v) is 6.77. The van der Waals surface area contributed by atoms with Gasteiger partial charge in [-0.1, -0.05) is 6.07 Å². The number of hydrogen-bond donors (Lipinski definition) is 0. The lowest BCUT2D eigenvalue weighted by Crippen LogP contribution is -2.35. The number of rotatable bonds is 9. The van der Waals surface area contributed by atoms with Crippen molar-refractivity contribution in [2.45, 2.75) is 13.0 Å². The zero-order valence-corrected chi connectivity index (χ0v) is 15.4. The average Bonchev–Trinajstić information content (AvgIpc) is 3.37. The molecule has 2 heterocycles. The molecule has 0 radical (unpaired) electrons. The summed E-state index contributed by atoms with van der Waals surface area (Å²) in [6, 6.07) is 13.2. The summed E-state index contributed by atoms with van der Waals surface area (Å²) in [4.78, 5) is 15.7. The van der Waals surface area contributed by atoms with Gasteiger partial charge < -0.3 is 18.8 Å². The topological polar surface area (TPSA) is 51.9 Å². The van der Waals surface area contributed by atoms with Crippen LogP contribution in [0.15, 0.2) is 64.8 Å². The van der Waals surface area contributed by atoms with E-state index in [1.807, 2.05) is 17.5 Å². The van der Waals surface area contributed by atoms with Gasteiger partial charge in [0.2, 0.25) is 0 Å². The van der Waals surface area contributed by atoms with Gasteiger partial charge in [0.05, 0.1) is 19.6 Å². The van der Waals surface area contributed by atoms with Gasteiger partial charge in [0.15, 0.2) is 6.61 Å². The Kier molecular flexibility index (Phi) is 6.33. The first kappa shape index (κ1) is 18.1. The first-order valence-corrected chi connectivity index (χ1v) is 9.20. The Morgan fingerprint density at radius 3 is 2.62 bits per heavy atom. The number of carbonyl (C=O) groups is 1. The first-order valence-electron chi connectivity index (χ1n) is 8.32. The molecule has 1 aromatic carbocycles. The summed E-state index contributed by atoms with van der Waals surface area (Å²) in [5.74, 6) is 1.33. The minimum Gasteiger partial charge on any atom is -0.497 e. The number of thiophene rings is 1. The molecule has 1 amide bonds. The molecule has 0 N–H and O–H groups in total. The number of nitrogens with zero attached hydrogens (tertiary/aromatic N) is 1. The van der Waals surface area contributed by atoms with Gasteiger partial charge in [-0.3, -0.25) is 4.79 Å². The lowest BCUT2D eigenvalue weighted by atomic mass is 10.2. The third-order valence-corrected chi connectivity index (χ3v) is 4.87. The maximum Gasteiger partial charge on any atom is 0.260 e. The van der Waals surface area contributed by atoms with E-state index >= 15 is 0 Å². The fourth-order valence-corrected chi connectivity index (χ4v) is 3.20. The minimum absolute atomic E-state index is 0.00534. The summed E-state index contributed by atoms with van der Waals surface area (Å²) in [6.07, 6.45) is 4.10. The Morgan fingerprint density at radius 1 is 1.15 bits per heavy atom. The molecule has 2 aromatic heterocycles. The molecule has 3 rings (SSSR count). The third kappa shape index (κ3) is 5.13. The summed E-state index contributed by atoms with van der Waals surface area (Å²) < 4.78 is 15.9. The van der Waals surface area contributed by atoms with Crippen LogP contribution in [0.5, 0.6) is 11.5 Å². The Hall–Kier alpha value is -2.73. The second kappa shape index (κ2) is 9.10.